The Bertz CT molecular complexity index is 452. The highest BCUT2D eigenvalue weighted by Gasteiger charge is 2.10. The Kier molecular flexibility index (Phi) is 2.46. The number of nitrogens with one attached hydrogen (secondary N) is 1. The van der Waals surface area contributed by atoms with Crippen molar-refractivity contribution in [2.75, 3.05) is 6.61 Å². The third kappa shape index (κ3) is 1.39. The second-order valence-electron chi connectivity index (χ2n) is 3.20. The van der Waals surface area contributed by atoms with Gasteiger partial charge in [0.1, 0.15) is 0 Å². The van der Waals surface area contributed by atoms with E-state index in [-0.39, 0.29) is 12.6 Å². The first kappa shape index (κ1) is 9.52. The molecule has 1 atom stereocenters. The zero-order valence-electron chi connectivity index (χ0n) is 7.50. The number of H-pyrrole nitrogens is 1. The van der Waals surface area contributed by atoms with Gasteiger partial charge in [0.05, 0.1) is 23.2 Å². The second-order valence-corrected chi connectivity index (χ2v) is 3.60. The molecule has 0 saturated carbocycles. The summed E-state index contributed by atoms with van der Waals surface area (Å²) in [7, 11) is 0. The molecule has 4 N–H and O–H groups in total. The molecule has 0 aliphatic heterocycles. The molecule has 0 saturated heterocycles. The fraction of sp³-hybridized carbons (Fsp3) is 0.200. The van der Waals surface area contributed by atoms with Crippen LogP contribution >= 0.6 is 11.6 Å². The second kappa shape index (κ2) is 3.61. The smallest absolute Gasteiger partial charge is 0.0659 e. The maximum atomic E-state index is 8.98. The summed E-state index contributed by atoms with van der Waals surface area (Å²) in [5, 5.41) is 10.6. The van der Waals surface area contributed by atoms with Crippen LogP contribution in [0.25, 0.3) is 10.9 Å². The first-order chi connectivity index (χ1) is 6.74. The van der Waals surface area contributed by atoms with Gasteiger partial charge in [0.2, 0.25) is 0 Å². The molecule has 4 heteroatoms. The number of aromatic amines is 1. The molecule has 2 rings (SSSR count). The number of halogens is 1. The van der Waals surface area contributed by atoms with Crippen LogP contribution in [0.3, 0.4) is 0 Å². The Morgan fingerprint density at radius 1 is 1.50 bits per heavy atom. The number of hydrogen-bond donors (Lipinski definition) is 3. The van der Waals surface area contributed by atoms with Crippen LogP contribution in [0.4, 0.5) is 0 Å². The molecule has 0 amide bonds. The van der Waals surface area contributed by atoms with Crippen molar-refractivity contribution in [1.29, 1.82) is 0 Å². The van der Waals surface area contributed by atoms with E-state index in [4.69, 9.17) is 22.4 Å². The third-order valence-electron chi connectivity index (χ3n) is 2.29. The molecule has 2 aromatic rings. The molecular weight excluding hydrogens is 200 g/mol. The monoisotopic (exact) mass is 210 g/mol. The van der Waals surface area contributed by atoms with Crippen molar-refractivity contribution >= 4 is 22.5 Å². The van der Waals surface area contributed by atoms with Crippen molar-refractivity contribution in [1.82, 2.24) is 4.98 Å². The van der Waals surface area contributed by atoms with Gasteiger partial charge >= 0.3 is 0 Å². The van der Waals surface area contributed by atoms with Gasteiger partial charge in [0, 0.05) is 11.6 Å². The van der Waals surface area contributed by atoms with E-state index in [0.717, 1.165) is 16.5 Å². The minimum absolute atomic E-state index is 0.0737. The van der Waals surface area contributed by atoms with Crippen molar-refractivity contribution < 1.29 is 5.11 Å². The highest BCUT2D eigenvalue weighted by atomic mass is 35.5. The van der Waals surface area contributed by atoms with Crippen LogP contribution in [-0.4, -0.2) is 16.7 Å². The van der Waals surface area contributed by atoms with Gasteiger partial charge in [-0.1, -0.05) is 29.8 Å². The van der Waals surface area contributed by atoms with E-state index in [1.165, 1.54) is 0 Å². The number of para-hydroxylation sites is 1. The maximum absolute atomic E-state index is 8.98. The van der Waals surface area contributed by atoms with Gasteiger partial charge in [0.25, 0.3) is 0 Å². The van der Waals surface area contributed by atoms with E-state index >= 15 is 0 Å². The molecule has 0 spiro atoms. The van der Waals surface area contributed by atoms with Crippen LogP contribution in [0, 0.1) is 0 Å². The summed E-state index contributed by atoms with van der Waals surface area (Å²) in [6.45, 7) is -0.0737. The van der Waals surface area contributed by atoms with Crippen molar-refractivity contribution in [3.8, 4) is 0 Å². The minimum atomic E-state index is -0.367. The number of nitrogens with two attached hydrogens (primary N) is 1. The molecule has 0 fully saturated rings. The average Bonchev–Trinajstić information content (AvgIpc) is 2.59. The van der Waals surface area contributed by atoms with Crippen molar-refractivity contribution in [2.45, 2.75) is 6.04 Å². The molecule has 0 aliphatic carbocycles. The fourth-order valence-corrected chi connectivity index (χ4v) is 1.76. The Balaban J connectivity index is 2.65. The van der Waals surface area contributed by atoms with Gasteiger partial charge < -0.3 is 15.8 Å². The largest absolute Gasteiger partial charge is 0.394 e. The van der Waals surface area contributed by atoms with Gasteiger partial charge in [-0.05, 0) is 5.56 Å². The summed E-state index contributed by atoms with van der Waals surface area (Å²) in [6.07, 6.45) is 1.72. The van der Waals surface area contributed by atoms with Gasteiger partial charge in [0.15, 0.2) is 0 Å². The lowest BCUT2D eigenvalue weighted by Gasteiger charge is -2.09. The summed E-state index contributed by atoms with van der Waals surface area (Å²) < 4.78 is 0. The van der Waals surface area contributed by atoms with Crippen molar-refractivity contribution in [3.63, 3.8) is 0 Å². The molecule has 0 bridgehead atoms. The standard InChI is InChI=1S/C10H11ClN2O/c11-8-4-13-10-6(8)2-1-3-7(10)9(12)5-14/h1-4,9,13-14H,5,12H2. The quantitative estimate of drug-likeness (QED) is 0.708. The van der Waals surface area contributed by atoms with Crippen LogP contribution in [0.5, 0.6) is 0 Å². The molecule has 3 nitrogen and oxygen atoms in total. The molecule has 14 heavy (non-hydrogen) atoms. The predicted octanol–water partition coefficient (Wildman–Crippen LogP) is 1.81. The van der Waals surface area contributed by atoms with Crippen molar-refractivity contribution in [2.24, 2.45) is 5.73 Å². The van der Waals surface area contributed by atoms with Gasteiger partial charge in [-0.15, -0.1) is 0 Å². The molecule has 1 aromatic carbocycles. The van der Waals surface area contributed by atoms with Gasteiger partial charge in [-0.25, -0.2) is 0 Å². The molecule has 74 valence electrons. The normalized spacial score (nSPS) is 13.4. The number of hydrogen-bond acceptors (Lipinski definition) is 2. The van der Waals surface area contributed by atoms with E-state index in [9.17, 15) is 0 Å². The van der Waals surface area contributed by atoms with Gasteiger partial charge in [-0.2, -0.15) is 0 Å². The molecule has 1 heterocycles. The number of rotatable bonds is 2. The Labute approximate surface area is 86.5 Å². The van der Waals surface area contributed by atoms with Crippen LogP contribution < -0.4 is 5.73 Å². The molecule has 1 unspecified atom stereocenters. The Morgan fingerprint density at radius 2 is 2.29 bits per heavy atom. The van der Waals surface area contributed by atoms with E-state index in [0.29, 0.717) is 5.02 Å². The van der Waals surface area contributed by atoms with E-state index in [1.54, 1.807) is 6.20 Å². The highest BCUT2D eigenvalue weighted by Crippen LogP contribution is 2.27. The van der Waals surface area contributed by atoms with E-state index in [1.807, 2.05) is 18.2 Å². The molecule has 1 aromatic heterocycles. The molecular formula is C10H11ClN2O. The summed E-state index contributed by atoms with van der Waals surface area (Å²) in [4.78, 5) is 3.05. The maximum Gasteiger partial charge on any atom is 0.0659 e. The molecule has 0 aliphatic rings. The lowest BCUT2D eigenvalue weighted by Crippen LogP contribution is -2.14. The summed E-state index contributed by atoms with van der Waals surface area (Å²) in [5.74, 6) is 0. The Hall–Kier alpha value is -1.03. The first-order valence-corrected chi connectivity index (χ1v) is 4.73. The lowest BCUT2D eigenvalue weighted by molar-refractivity contribution is 0.268. The van der Waals surface area contributed by atoms with Crippen LogP contribution in [0.1, 0.15) is 11.6 Å². The zero-order valence-corrected chi connectivity index (χ0v) is 8.25. The third-order valence-corrected chi connectivity index (χ3v) is 2.61. The Morgan fingerprint density at radius 3 is 3.00 bits per heavy atom. The number of benzene rings is 1. The fourth-order valence-electron chi connectivity index (χ4n) is 1.55. The van der Waals surface area contributed by atoms with E-state index < -0.39 is 0 Å². The lowest BCUT2D eigenvalue weighted by atomic mass is 10.1. The number of aliphatic hydroxyl groups is 1. The van der Waals surface area contributed by atoms with Crippen LogP contribution in [-0.2, 0) is 0 Å². The molecule has 0 radical (unpaired) electrons. The SMILES string of the molecule is NC(CO)c1cccc2c(Cl)c[nH]c12. The van der Waals surface area contributed by atoms with Gasteiger partial charge in [-0.3, -0.25) is 0 Å². The average molecular weight is 211 g/mol. The summed E-state index contributed by atoms with van der Waals surface area (Å²) in [5.41, 5.74) is 7.54. The topological polar surface area (TPSA) is 62.0 Å². The summed E-state index contributed by atoms with van der Waals surface area (Å²) in [6, 6.07) is 5.32. The number of aromatic nitrogens is 1. The van der Waals surface area contributed by atoms with Crippen molar-refractivity contribution in [3.05, 3.63) is 35.0 Å². The van der Waals surface area contributed by atoms with Crippen LogP contribution in [0.2, 0.25) is 5.02 Å². The number of fused-ring (bicyclic) bond motifs is 1. The minimum Gasteiger partial charge on any atom is -0.394 e. The predicted molar refractivity (Wildman–Crippen MR) is 57.3 cm³/mol. The van der Waals surface area contributed by atoms with Crippen LogP contribution in [0.15, 0.2) is 24.4 Å². The summed E-state index contributed by atoms with van der Waals surface area (Å²) >= 11 is 5.96. The number of aliphatic hydroxyl groups excluding tert-OH is 1. The first-order valence-electron chi connectivity index (χ1n) is 4.36. The highest BCUT2D eigenvalue weighted by molar-refractivity contribution is 6.35. The van der Waals surface area contributed by atoms with E-state index in [2.05, 4.69) is 4.98 Å². The zero-order chi connectivity index (χ0) is 10.1.